The highest BCUT2D eigenvalue weighted by Crippen LogP contribution is 2.13. The molecular weight excluding hydrogens is 130 g/mol. The first-order chi connectivity index (χ1) is 4.88. The highest BCUT2D eigenvalue weighted by molar-refractivity contribution is 4.72. The predicted octanol–water partition coefficient (Wildman–Crippen LogP) is 0.357. The fourth-order valence-electron chi connectivity index (χ4n) is 1.27. The Morgan fingerprint density at radius 1 is 1.60 bits per heavy atom. The molecule has 1 saturated heterocycles. The number of likely N-dealkylation sites (N-methyl/N-ethyl adjacent to an activating group) is 1. The van der Waals surface area contributed by atoms with Gasteiger partial charge >= 0.3 is 0 Å². The largest absolute Gasteiger partial charge is 0.354 e. The first kappa shape index (κ1) is 7.98. The summed E-state index contributed by atoms with van der Waals surface area (Å²) < 4.78 is 10.5. The van der Waals surface area contributed by atoms with E-state index in [0.29, 0.717) is 6.04 Å². The molecule has 3 heteroatoms. The number of hydrogen-bond donors (Lipinski definition) is 1. The minimum absolute atomic E-state index is 0.0428. The van der Waals surface area contributed by atoms with Crippen molar-refractivity contribution in [1.82, 2.24) is 5.32 Å². The van der Waals surface area contributed by atoms with E-state index in [1.165, 1.54) is 0 Å². The van der Waals surface area contributed by atoms with Gasteiger partial charge in [-0.05, 0) is 19.9 Å². The molecule has 1 heterocycles. The molecule has 2 atom stereocenters. The lowest BCUT2D eigenvalue weighted by Gasteiger charge is -2.29. The van der Waals surface area contributed by atoms with Crippen LogP contribution in [0.4, 0.5) is 0 Å². The smallest absolute Gasteiger partial charge is 0.172 e. The van der Waals surface area contributed by atoms with E-state index in [4.69, 9.17) is 9.47 Å². The molecule has 10 heavy (non-hydrogen) atoms. The molecule has 1 aliphatic heterocycles. The third-order valence-corrected chi connectivity index (χ3v) is 1.87. The van der Waals surface area contributed by atoms with Crippen molar-refractivity contribution < 1.29 is 9.47 Å². The van der Waals surface area contributed by atoms with Crippen molar-refractivity contribution >= 4 is 0 Å². The third-order valence-electron chi connectivity index (χ3n) is 1.87. The highest BCUT2D eigenvalue weighted by atomic mass is 16.7. The van der Waals surface area contributed by atoms with Gasteiger partial charge in [-0.1, -0.05) is 0 Å². The molecule has 0 radical (unpaired) electrons. The van der Waals surface area contributed by atoms with Crippen molar-refractivity contribution in [1.29, 1.82) is 0 Å². The van der Waals surface area contributed by atoms with Crippen molar-refractivity contribution in [3.63, 3.8) is 0 Å². The van der Waals surface area contributed by atoms with Crippen molar-refractivity contribution in [2.24, 2.45) is 0 Å². The molecule has 0 bridgehead atoms. The summed E-state index contributed by atoms with van der Waals surface area (Å²) >= 11 is 0. The van der Waals surface area contributed by atoms with Gasteiger partial charge in [-0.3, -0.25) is 0 Å². The molecule has 1 rings (SSSR count). The highest BCUT2D eigenvalue weighted by Gasteiger charge is 2.23. The van der Waals surface area contributed by atoms with Crippen molar-refractivity contribution in [3.8, 4) is 0 Å². The van der Waals surface area contributed by atoms with E-state index in [0.717, 1.165) is 19.4 Å². The molecule has 60 valence electrons. The van der Waals surface area contributed by atoms with E-state index in [1.54, 1.807) is 7.11 Å². The lowest BCUT2D eigenvalue weighted by atomic mass is 10.1. The molecular formula is C7H15NO2. The molecule has 0 saturated carbocycles. The summed E-state index contributed by atoms with van der Waals surface area (Å²) in [5, 5.41) is 3.15. The van der Waals surface area contributed by atoms with Crippen LogP contribution >= 0.6 is 0 Å². The fraction of sp³-hybridized carbons (Fsp3) is 1.00. The maximum atomic E-state index is 5.35. The zero-order valence-corrected chi connectivity index (χ0v) is 6.59. The quantitative estimate of drug-likeness (QED) is 0.608. The van der Waals surface area contributed by atoms with E-state index in [1.807, 2.05) is 7.05 Å². The maximum Gasteiger partial charge on any atom is 0.172 e. The Balaban J connectivity index is 2.34. The Labute approximate surface area is 61.7 Å². The van der Waals surface area contributed by atoms with Crippen LogP contribution in [0.15, 0.2) is 0 Å². The first-order valence-corrected chi connectivity index (χ1v) is 3.70. The Hall–Kier alpha value is -0.120. The predicted molar refractivity (Wildman–Crippen MR) is 38.8 cm³/mol. The van der Waals surface area contributed by atoms with Crippen molar-refractivity contribution in [2.75, 3.05) is 20.8 Å². The average Bonchev–Trinajstić information content (AvgIpc) is 2.04. The van der Waals surface area contributed by atoms with Gasteiger partial charge in [0.2, 0.25) is 0 Å². The molecule has 0 aromatic heterocycles. The van der Waals surface area contributed by atoms with Gasteiger partial charge in [-0.25, -0.2) is 0 Å². The number of ether oxygens (including phenoxy) is 2. The van der Waals surface area contributed by atoms with E-state index >= 15 is 0 Å². The molecule has 0 spiro atoms. The Morgan fingerprint density at radius 2 is 2.40 bits per heavy atom. The number of nitrogens with one attached hydrogen (secondary N) is 1. The fourth-order valence-corrected chi connectivity index (χ4v) is 1.27. The average molecular weight is 145 g/mol. The minimum atomic E-state index is -0.0428. The first-order valence-electron chi connectivity index (χ1n) is 3.70. The SMILES string of the molecule is CNC1CCCOC1OC. The second kappa shape index (κ2) is 3.91. The topological polar surface area (TPSA) is 30.5 Å². The van der Waals surface area contributed by atoms with Crippen LogP contribution in [0.2, 0.25) is 0 Å². The van der Waals surface area contributed by atoms with E-state index in [-0.39, 0.29) is 6.29 Å². The Morgan fingerprint density at radius 3 is 2.90 bits per heavy atom. The van der Waals surface area contributed by atoms with Crippen LogP contribution in [0.3, 0.4) is 0 Å². The van der Waals surface area contributed by atoms with Gasteiger partial charge in [-0.2, -0.15) is 0 Å². The van der Waals surface area contributed by atoms with Gasteiger partial charge in [0.25, 0.3) is 0 Å². The summed E-state index contributed by atoms with van der Waals surface area (Å²) in [4.78, 5) is 0. The minimum Gasteiger partial charge on any atom is -0.354 e. The normalized spacial score (nSPS) is 34.2. The summed E-state index contributed by atoms with van der Waals surface area (Å²) in [7, 11) is 3.62. The Kier molecular flexibility index (Phi) is 3.12. The van der Waals surface area contributed by atoms with Crippen LogP contribution in [0.25, 0.3) is 0 Å². The summed E-state index contributed by atoms with van der Waals surface area (Å²) in [5.74, 6) is 0. The van der Waals surface area contributed by atoms with E-state index in [9.17, 15) is 0 Å². The standard InChI is InChI=1S/C7H15NO2/c1-8-6-4-3-5-10-7(6)9-2/h6-8H,3-5H2,1-2H3. The van der Waals surface area contributed by atoms with Gasteiger partial charge in [0.05, 0.1) is 6.04 Å². The molecule has 3 nitrogen and oxygen atoms in total. The van der Waals surface area contributed by atoms with Gasteiger partial charge in [0.15, 0.2) is 6.29 Å². The Bertz CT molecular complexity index is 85.6. The van der Waals surface area contributed by atoms with Crippen molar-refractivity contribution in [3.05, 3.63) is 0 Å². The van der Waals surface area contributed by atoms with Crippen LogP contribution in [-0.4, -0.2) is 33.1 Å². The summed E-state index contributed by atoms with van der Waals surface area (Å²) in [6.07, 6.45) is 2.24. The van der Waals surface area contributed by atoms with Crippen LogP contribution in [0.5, 0.6) is 0 Å². The van der Waals surface area contributed by atoms with Gasteiger partial charge in [-0.15, -0.1) is 0 Å². The zero-order valence-electron chi connectivity index (χ0n) is 6.59. The summed E-state index contributed by atoms with van der Waals surface area (Å²) in [5.41, 5.74) is 0. The van der Waals surface area contributed by atoms with Crippen LogP contribution in [-0.2, 0) is 9.47 Å². The number of rotatable bonds is 2. The molecule has 2 unspecified atom stereocenters. The molecule has 0 aromatic rings. The molecule has 0 aliphatic carbocycles. The number of hydrogen-bond acceptors (Lipinski definition) is 3. The van der Waals surface area contributed by atoms with Crippen LogP contribution < -0.4 is 5.32 Å². The second-order valence-electron chi connectivity index (χ2n) is 2.51. The van der Waals surface area contributed by atoms with Crippen LogP contribution in [0, 0.1) is 0 Å². The van der Waals surface area contributed by atoms with Gasteiger partial charge in [0.1, 0.15) is 0 Å². The maximum absolute atomic E-state index is 5.35. The van der Waals surface area contributed by atoms with E-state index < -0.39 is 0 Å². The van der Waals surface area contributed by atoms with Gasteiger partial charge < -0.3 is 14.8 Å². The third kappa shape index (κ3) is 1.68. The molecule has 1 N–H and O–H groups in total. The molecule has 0 amide bonds. The monoisotopic (exact) mass is 145 g/mol. The summed E-state index contributed by atoms with van der Waals surface area (Å²) in [6.45, 7) is 0.830. The second-order valence-corrected chi connectivity index (χ2v) is 2.51. The summed E-state index contributed by atoms with van der Waals surface area (Å²) in [6, 6.07) is 0.374. The van der Waals surface area contributed by atoms with E-state index in [2.05, 4.69) is 5.32 Å². The van der Waals surface area contributed by atoms with Crippen molar-refractivity contribution in [2.45, 2.75) is 25.2 Å². The lowest BCUT2D eigenvalue weighted by Crippen LogP contribution is -2.43. The van der Waals surface area contributed by atoms with Crippen LogP contribution in [0.1, 0.15) is 12.8 Å². The lowest BCUT2D eigenvalue weighted by molar-refractivity contribution is -0.161. The van der Waals surface area contributed by atoms with Gasteiger partial charge in [0, 0.05) is 13.7 Å². The molecule has 1 fully saturated rings. The molecule has 1 aliphatic rings. The number of methoxy groups -OCH3 is 1. The zero-order chi connectivity index (χ0) is 7.40. The molecule has 0 aromatic carbocycles.